The van der Waals surface area contributed by atoms with Crippen LogP contribution in [0.15, 0.2) is 11.6 Å². The maximum atomic E-state index is 11.5. The average molecular weight is 429 g/mol. The highest BCUT2D eigenvalue weighted by molar-refractivity contribution is 5.75. The van der Waals surface area contributed by atoms with Crippen LogP contribution in [-0.4, -0.2) is 17.9 Å². The second-order valence-electron chi connectivity index (χ2n) is 12.0. The van der Waals surface area contributed by atoms with E-state index in [4.69, 9.17) is 4.74 Å². The highest BCUT2D eigenvalue weighted by Gasteiger charge is 2.59. The number of ketones is 1. The first kappa shape index (κ1) is 23.1. The molecule has 0 aromatic carbocycles. The third kappa shape index (κ3) is 4.15. The van der Waals surface area contributed by atoms with Crippen LogP contribution in [0.25, 0.3) is 0 Å². The fraction of sp³-hybridized carbons (Fsp3) is 0.857. The summed E-state index contributed by atoms with van der Waals surface area (Å²) in [4.78, 5) is 22.8. The van der Waals surface area contributed by atoms with Crippen molar-refractivity contribution in [1.29, 1.82) is 0 Å². The van der Waals surface area contributed by atoms with Crippen LogP contribution < -0.4 is 0 Å². The summed E-state index contributed by atoms with van der Waals surface area (Å²) in [5, 5.41) is 0. The zero-order valence-corrected chi connectivity index (χ0v) is 20.5. The van der Waals surface area contributed by atoms with Crippen LogP contribution in [0.5, 0.6) is 0 Å². The molecule has 0 aromatic rings. The van der Waals surface area contributed by atoms with Gasteiger partial charge in [-0.25, -0.2) is 0 Å². The molecule has 0 heterocycles. The lowest BCUT2D eigenvalue weighted by Gasteiger charge is -2.58. The number of ether oxygens (including phenoxy) is 1. The molecule has 4 aliphatic carbocycles. The first-order chi connectivity index (χ1) is 14.6. The minimum atomic E-state index is -0.134. The fourth-order valence-electron chi connectivity index (χ4n) is 8.81. The van der Waals surface area contributed by atoms with E-state index in [0.717, 1.165) is 55.3 Å². The van der Waals surface area contributed by atoms with Gasteiger partial charge in [0, 0.05) is 19.8 Å². The van der Waals surface area contributed by atoms with Crippen molar-refractivity contribution in [2.24, 2.45) is 40.4 Å². The molecule has 0 aliphatic heterocycles. The summed E-state index contributed by atoms with van der Waals surface area (Å²) >= 11 is 0. The smallest absolute Gasteiger partial charge is 0.302 e. The lowest BCUT2D eigenvalue weighted by atomic mass is 9.47. The van der Waals surface area contributed by atoms with Crippen LogP contribution in [-0.2, 0) is 14.3 Å². The highest BCUT2D eigenvalue weighted by Crippen LogP contribution is 2.67. The van der Waals surface area contributed by atoms with Gasteiger partial charge in [0.25, 0.3) is 0 Å². The molecule has 0 unspecified atom stereocenters. The van der Waals surface area contributed by atoms with Gasteiger partial charge >= 0.3 is 5.97 Å². The molecule has 31 heavy (non-hydrogen) atoms. The monoisotopic (exact) mass is 428 g/mol. The molecule has 4 aliphatic rings. The van der Waals surface area contributed by atoms with E-state index in [1.807, 2.05) is 0 Å². The van der Waals surface area contributed by atoms with Crippen LogP contribution in [0.3, 0.4) is 0 Å². The van der Waals surface area contributed by atoms with Crippen molar-refractivity contribution in [2.75, 3.05) is 0 Å². The van der Waals surface area contributed by atoms with Gasteiger partial charge in [-0.1, -0.05) is 38.8 Å². The van der Waals surface area contributed by atoms with Gasteiger partial charge in [-0.15, -0.1) is 0 Å². The number of carbonyl (C=O) groups is 2. The average Bonchev–Trinajstić information content (AvgIpc) is 3.05. The number of Topliss-reactive ketones (excluding diaryl/α,β-unsaturated/α-hetero) is 1. The minimum absolute atomic E-state index is 0.0916. The summed E-state index contributed by atoms with van der Waals surface area (Å²) in [7, 11) is 0. The maximum absolute atomic E-state index is 11.5. The summed E-state index contributed by atoms with van der Waals surface area (Å²) in [6.45, 7) is 10.9. The van der Waals surface area contributed by atoms with Crippen LogP contribution in [0, 0.1) is 40.4 Å². The Hall–Kier alpha value is -1.12. The van der Waals surface area contributed by atoms with Crippen molar-refractivity contribution in [3.63, 3.8) is 0 Å². The predicted octanol–water partition coefficient (Wildman–Crippen LogP) is 6.89. The standard InChI is InChI=1S/C28H44O3/c1-18(7-6-8-19(2)29)24-11-12-25-23-10-9-21-17-22(31-20(3)30)13-15-27(21,4)26(23)14-16-28(24,25)5/h9,18,22-26H,6-8,10-17H2,1-5H3/t18-,22+,23+,24-,25+,26+,27+,28-/m1/s1. The second kappa shape index (κ2) is 8.67. The van der Waals surface area contributed by atoms with Gasteiger partial charge in [-0.05, 0) is 98.7 Å². The summed E-state index contributed by atoms with van der Waals surface area (Å²) in [6, 6.07) is 0. The maximum Gasteiger partial charge on any atom is 0.302 e. The van der Waals surface area contributed by atoms with Gasteiger partial charge in [0.05, 0.1) is 0 Å². The van der Waals surface area contributed by atoms with E-state index in [1.165, 1.54) is 44.9 Å². The Labute approximate surface area is 189 Å². The molecule has 3 saturated carbocycles. The first-order valence-electron chi connectivity index (χ1n) is 13.0. The Balaban J connectivity index is 1.47. The van der Waals surface area contributed by atoms with E-state index in [1.54, 1.807) is 19.4 Å². The summed E-state index contributed by atoms with van der Waals surface area (Å²) < 4.78 is 5.59. The molecule has 0 saturated heterocycles. The van der Waals surface area contributed by atoms with Gasteiger partial charge in [0.15, 0.2) is 0 Å². The van der Waals surface area contributed by atoms with Crippen molar-refractivity contribution < 1.29 is 14.3 Å². The Morgan fingerprint density at radius 3 is 2.58 bits per heavy atom. The first-order valence-corrected chi connectivity index (χ1v) is 13.0. The lowest BCUT2D eigenvalue weighted by Crippen LogP contribution is -2.51. The number of allylic oxidation sites excluding steroid dienone is 1. The number of carbonyl (C=O) groups excluding carboxylic acids is 2. The van der Waals surface area contributed by atoms with Crippen LogP contribution >= 0.6 is 0 Å². The Bertz CT molecular complexity index is 739. The quantitative estimate of drug-likeness (QED) is 0.342. The van der Waals surface area contributed by atoms with Crippen LogP contribution in [0.2, 0.25) is 0 Å². The fourth-order valence-corrected chi connectivity index (χ4v) is 8.81. The molecule has 0 bridgehead atoms. The Morgan fingerprint density at radius 1 is 1.10 bits per heavy atom. The molecule has 0 spiro atoms. The van der Waals surface area contributed by atoms with Gasteiger partial charge < -0.3 is 9.53 Å². The van der Waals surface area contributed by atoms with E-state index in [9.17, 15) is 9.59 Å². The minimum Gasteiger partial charge on any atom is -0.462 e. The van der Waals surface area contributed by atoms with Gasteiger partial charge in [0.2, 0.25) is 0 Å². The molecule has 3 fully saturated rings. The summed E-state index contributed by atoms with van der Waals surface area (Å²) in [6.07, 6.45) is 15.6. The molecular formula is C28H44O3. The molecule has 4 rings (SSSR count). The molecule has 8 atom stereocenters. The summed E-state index contributed by atoms with van der Waals surface area (Å²) in [5.41, 5.74) is 2.38. The van der Waals surface area contributed by atoms with Crippen molar-refractivity contribution in [2.45, 2.75) is 111 Å². The largest absolute Gasteiger partial charge is 0.462 e. The SMILES string of the molecule is CC(=O)CCC[C@@H](C)[C@H]1CC[C@H]2[C@@H]3CC=C4C[C@@H](OC(C)=O)CC[C@]4(C)[C@H]3CC[C@]12C. The third-order valence-corrected chi connectivity index (χ3v) is 10.3. The van der Waals surface area contributed by atoms with E-state index in [0.29, 0.717) is 16.6 Å². The third-order valence-electron chi connectivity index (χ3n) is 10.3. The molecular weight excluding hydrogens is 384 g/mol. The van der Waals surface area contributed by atoms with E-state index < -0.39 is 0 Å². The highest BCUT2D eigenvalue weighted by atomic mass is 16.5. The molecule has 0 N–H and O–H groups in total. The molecule has 0 aromatic heterocycles. The zero-order chi connectivity index (χ0) is 22.4. The van der Waals surface area contributed by atoms with Crippen molar-refractivity contribution in [3.8, 4) is 0 Å². The van der Waals surface area contributed by atoms with E-state index in [2.05, 4.69) is 26.8 Å². The van der Waals surface area contributed by atoms with Crippen LogP contribution in [0.4, 0.5) is 0 Å². The number of hydrogen-bond donors (Lipinski definition) is 0. The molecule has 0 radical (unpaired) electrons. The molecule has 0 amide bonds. The van der Waals surface area contributed by atoms with Crippen molar-refractivity contribution in [1.82, 2.24) is 0 Å². The molecule has 3 heteroatoms. The van der Waals surface area contributed by atoms with Gasteiger partial charge in [0.1, 0.15) is 11.9 Å². The van der Waals surface area contributed by atoms with E-state index >= 15 is 0 Å². The molecule has 3 nitrogen and oxygen atoms in total. The topological polar surface area (TPSA) is 43.4 Å². The van der Waals surface area contributed by atoms with Crippen molar-refractivity contribution >= 4 is 11.8 Å². The predicted molar refractivity (Wildman–Crippen MR) is 124 cm³/mol. The Kier molecular flexibility index (Phi) is 6.45. The molecule has 174 valence electrons. The number of rotatable bonds is 6. The van der Waals surface area contributed by atoms with E-state index in [-0.39, 0.29) is 12.1 Å². The normalized spacial score (nSPS) is 42.6. The number of esters is 1. The lowest BCUT2D eigenvalue weighted by molar-refractivity contribution is -0.148. The Morgan fingerprint density at radius 2 is 1.87 bits per heavy atom. The summed E-state index contributed by atoms with van der Waals surface area (Å²) in [5.74, 6) is 4.24. The van der Waals surface area contributed by atoms with Gasteiger partial charge in [-0.3, -0.25) is 4.79 Å². The number of fused-ring (bicyclic) bond motifs is 5. The number of hydrogen-bond acceptors (Lipinski definition) is 3. The zero-order valence-electron chi connectivity index (χ0n) is 20.5. The van der Waals surface area contributed by atoms with Crippen LogP contribution in [0.1, 0.15) is 105 Å². The second-order valence-corrected chi connectivity index (χ2v) is 12.0. The van der Waals surface area contributed by atoms with Crippen molar-refractivity contribution in [3.05, 3.63) is 11.6 Å². The van der Waals surface area contributed by atoms with Gasteiger partial charge in [-0.2, -0.15) is 0 Å².